The summed E-state index contributed by atoms with van der Waals surface area (Å²) in [5.74, 6) is -0.149. The van der Waals surface area contributed by atoms with E-state index in [0.717, 1.165) is 33.5 Å². The van der Waals surface area contributed by atoms with E-state index in [1.54, 1.807) is 54.6 Å². The number of carbonyl (C=O) groups is 3. The summed E-state index contributed by atoms with van der Waals surface area (Å²) in [6.45, 7) is 3.85. The molecule has 1 aliphatic heterocycles. The van der Waals surface area contributed by atoms with Crippen LogP contribution in [0.4, 0.5) is 16.2 Å². The van der Waals surface area contributed by atoms with Crippen molar-refractivity contribution in [2.45, 2.75) is 13.8 Å². The maximum absolute atomic E-state index is 12.8. The molecule has 4 rings (SSSR count). The second kappa shape index (κ2) is 9.75. The standard InChI is InChI=1S/C26H22N2O4S/c1-17-11-12-20(13-18(17)2)27-24(29)16-32-22-10-6-7-19(14-22)15-23-25(30)28(26(31)33-23)21-8-4-3-5-9-21/h3-15H,16H2,1-2H3,(H,27,29)/b23-15-. The van der Waals surface area contributed by atoms with Gasteiger partial charge in [0.2, 0.25) is 0 Å². The fraction of sp³-hybridized carbons (Fsp3) is 0.115. The minimum Gasteiger partial charge on any atom is -0.484 e. The van der Waals surface area contributed by atoms with Crippen molar-refractivity contribution in [2.75, 3.05) is 16.8 Å². The number of hydrogen-bond acceptors (Lipinski definition) is 5. The third kappa shape index (κ3) is 5.32. The van der Waals surface area contributed by atoms with Crippen LogP contribution in [0.1, 0.15) is 16.7 Å². The zero-order chi connectivity index (χ0) is 23.4. The van der Waals surface area contributed by atoms with Crippen molar-refractivity contribution in [3.05, 3.63) is 94.4 Å². The molecule has 1 aliphatic rings. The zero-order valence-corrected chi connectivity index (χ0v) is 19.0. The molecule has 33 heavy (non-hydrogen) atoms. The van der Waals surface area contributed by atoms with Gasteiger partial charge >= 0.3 is 0 Å². The van der Waals surface area contributed by atoms with Gasteiger partial charge < -0.3 is 10.1 Å². The van der Waals surface area contributed by atoms with E-state index in [1.165, 1.54) is 0 Å². The van der Waals surface area contributed by atoms with Gasteiger partial charge in [0.05, 0.1) is 10.6 Å². The molecule has 1 saturated heterocycles. The fourth-order valence-corrected chi connectivity index (χ4v) is 4.12. The van der Waals surface area contributed by atoms with Crippen LogP contribution in [0.2, 0.25) is 0 Å². The van der Waals surface area contributed by atoms with E-state index in [-0.39, 0.29) is 23.7 Å². The fourth-order valence-electron chi connectivity index (χ4n) is 3.28. The Labute approximate surface area is 196 Å². The van der Waals surface area contributed by atoms with Crippen LogP contribution >= 0.6 is 11.8 Å². The molecule has 3 aromatic carbocycles. The zero-order valence-electron chi connectivity index (χ0n) is 18.2. The van der Waals surface area contributed by atoms with Crippen LogP contribution < -0.4 is 15.0 Å². The Kier molecular flexibility index (Phi) is 6.60. The number of para-hydroxylation sites is 1. The lowest BCUT2D eigenvalue weighted by Gasteiger charge is -2.11. The first-order chi connectivity index (χ1) is 15.9. The number of amides is 3. The van der Waals surface area contributed by atoms with Crippen LogP contribution in [0.25, 0.3) is 6.08 Å². The molecule has 7 heteroatoms. The molecule has 0 unspecified atom stereocenters. The number of nitrogens with one attached hydrogen (secondary N) is 1. The molecule has 1 fully saturated rings. The summed E-state index contributed by atoms with van der Waals surface area (Å²) in [7, 11) is 0. The highest BCUT2D eigenvalue weighted by Gasteiger charge is 2.36. The van der Waals surface area contributed by atoms with Crippen LogP contribution in [0.5, 0.6) is 5.75 Å². The van der Waals surface area contributed by atoms with Gasteiger partial charge in [0.25, 0.3) is 17.1 Å². The molecule has 0 spiro atoms. The Balaban J connectivity index is 1.41. The van der Waals surface area contributed by atoms with Crippen molar-refractivity contribution >= 4 is 46.3 Å². The molecule has 1 heterocycles. The van der Waals surface area contributed by atoms with Gasteiger partial charge in [0, 0.05) is 5.69 Å². The van der Waals surface area contributed by atoms with Crippen molar-refractivity contribution in [1.82, 2.24) is 0 Å². The maximum Gasteiger partial charge on any atom is 0.298 e. The van der Waals surface area contributed by atoms with Gasteiger partial charge in [-0.15, -0.1) is 0 Å². The van der Waals surface area contributed by atoms with Crippen LogP contribution in [-0.4, -0.2) is 23.7 Å². The van der Waals surface area contributed by atoms with Crippen LogP contribution in [0, 0.1) is 13.8 Å². The van der Waals surface area contributed by atoms with E-state index >= 15 is 0 Å². The second-order valence-electron chi connectivity index (χ2n) is 7.56. The molecule has 0 atom stereocenters. The molecule has 6 nitrogen and oxygen atoms in total. The van der Waals surface area contributed by atoms with E-state index in [2.05, 4.69) is 5.32 Å². The summed E-state index contributed by atoms with van der Waals surface area (Å²) in [5, 5.41) is 2.48. The van der Waals surface area contributed by atoms with Gasteiger partial charge in [-0.25, -0.2) is 4.90 Å². The Morgan fingerprint density at radius 2 is 1.76 bits per heavy atom. The van der Waals surface area contributed by atoms with Crippen molar-refractivity contribution in [3.8, 4) is 5.75 Å². The first kappa shape index (κ1) is 22.4. The number of benzene rings is 3. The highest BCUT2D eigenvalue weighted by Crippen LogP contribution is 2.35. The van der Waals surface area contributed by atoms with Gasteiger partial charge in [-0.2, -0.15) is 0 Å². The van der Waals surface area contributed by atoms with E-state index in [4.69, 9.17) is 4.74 Å². The first-order valence-corrected chi connectivity index (χ1v) is 11.2. The minimum absolute atomic E-state index is 0.152. The van der Waals surface area contributed by atoms with Crippen LogP contribution in [0.3, 0.4) is 0 Å². The predicted octanol–water partition coefficient (Wildman–Crippen LogP) is 5.56. The summed E-state index contributed by atoms with van der Waals surface area (Å²) in [4.78, 5) is 38.9. The number of hydrogen-bond donors (Lipinski definition) is 1. The number of thioether (sulfide) groups is 1. The maximum atomic E-state index is 12.8. The quantitative estimate of drug-likeness (QED) is 0.489. The number of ether oxygens (including phenoxy) is 1. The molecule has 1 N–H and O–H groups in total. The molecule has 3 amide bonds. The van der Waals surface area contributed by atoms with Crippen LogP contribution in [0.15, 0.2) is 77.7 Å². The summed E-state index contributed by atoms with van der Waals surface area (Å²) in [5.41, 5.74) is 4.20. The first-order valence-electron chi connectivity index (χ1n) is 10.3. The third-order valence-electron chi connectivity index (χ3n) is 5.12. The molecular formula is C26H22N2O4S. The number of rotatable bonds is 6. The highest BCUT2D eigenvalue weighted by atomic mass is 32.2. The smallest absolute Gasteiger partial charge is 0.298 e. The summed E-state index contributed by atoms with van der Waals surface area (Å²) >= 11 is 0.893. The van der Waals surface area contributed by atoms with Crippen molar-refractivity contribution in [2.24, 2.45) is 0 Å². The molecule has 3 aromatic rings. The van der Waals surface area contributed by atoms with Gasteiger partial charge in [-0.1, -0.05) is 36.4 Å². The van der Waals surface area contributed by atoms with Gasteiger partial charge in [-0.05, 0) is 84.8 Å². The Morgan fingerprint density at radius 1 is 0.970 bits per heavy atom. The Bertz CT molecular complexity index is 1250. The lowest BCUT2D eigenvalue weighted by molar-refractivity contribution is -0.118. The van der Waals surface area contributed by atoms with E-state index in [9.17, 15) is 14.4 Å². The Hall–Kier alpha value is -3.84. The summed E-state index contributed by atoms with van der Waals surface area (Å²) in [6.07, 6.45) is 1.65. The predicted molar refractivity (Wildman–Crippen MR) is 131 cm³/mol. The molecule has 166 valence electrons. The van der Waals surface area contributed by atoms with Gasteiger partial charge in [0.1, 0.15) is 5.75 Å². The highest BCUT2D eigenvalue weighted by molar-refractivity contribution is 8.19. The normalized spacial score (nSPS) is 14.6. The lowest BCUT2D eigenvalue weighted by atomic mass is 10.1. The number of aryl methyl sites for hydroxylation is 2. The average molecular weight is 459 g/mol. The monoisotopic (exact) mass is 458 g/mol. The third-order valence-corrected chi connectivity index (χ3v) is 5.99. The number of nitrogens with zero attached hydrogens (tertiary/aromatic N) is 1. The largest absolute Gasteiger partial charge is 0.484 e. The molecule has 0 aliphatic carbocycles. The van der Waals surface area contributed by atoms with Crippen LogP contribution in [-0.2, 0) is 9.59 Å². The minimum atomic E-state index is -0.365. The summed E-state index contributed by atoms with van der Waals surface area (Å²) in [6, 6.07) is 21.6. The lowest BCUT2D eigenvalue weighted by Crippen LogP contribution is -2.27. The van der Waals surface area contributed by atoms with Crippen molar-refractivity contribution < 1.29 is 19.1 Å². The van der Waals surface area contributed by atoms with E-state index in [0.29, 0.717) is 21.9 Å². The average Bonchev–Trinajstić information content (AvgIpc) is 3.08. The Morgan fingerprint density at radius 3 is 2.52 bits per heavy atom. The SMILES string of the molecule is Cc1ccc(NC(=O)COc2cccc(/C=C3\SC(=O)N(c4ccccc4)C3=O)c2)cc1C. The van der Waals surface area contributed by atoms with Gasteiger partial charge in [0.15, 0.2) is 6.61 Å². The number of carbonyl (C=O) groups excluding carboxylic acids is 3. The van der Waals surface area contributed by atoms with Crippen molar-refractivity contribution in [3.63, 3.8) is 0 Å². The molecule has 0 aromatic heterocycles. The molecule has 0 radical (unpaired) electrons. The number of anilines is 2. The van der Waals surface area contributed by atoms with Crippen molar-refractivity contribution in [1.29, 1.82) is 0 Å². The van der Waals surface area contributed by atoms with E-state index < -0.39 is 0 Å². The molecule has 0 bridgehead atoms. The topological polar surface area (TPSA) is 75.7 Å². The van der Waals surface area contributed by atoms with Gasteiger partial charge in [-0.3, -0.25) is 14.4 Å². The molecule has 0 saturated carbocycles. The second-order valence-corrected chi connectivity index (χ2v) is 8.55. The number of imide groups is 1. The summed E-state index contributed by atoms with van der Waals surface area (Å²) < 4.78 is 5.63. The van der Waals surface area contributed by atoms with E-state index in [1.807, 2.05) is 38.1 Å². The molecular weight excluding hydrogens is 436 g/mol.